The number of halogens is 3. The SMILES string of the molecule is Cc1cccc([N+](=O)[O-])c1NC1(C(F)(F)F)CC1. The molecule has 0 bridgehead atoms. The smallest absolute Gasteiger partial charge is 0.366 e. The first-order valence-electron chi connectivity index (χ1n) is 5.36. The summed E-state index contributed by atoms with van der Waals surface area (Å²) in [7, 11) is 0. The molecule has 0 heterocycles. The summed E-state index contributed by atoms with van der Waals surface area (Å²) in [4.78, 5) is 10.1. The number of nitro benzene ring substituents is 1. The van der Waals surface area contributed by atoms with Crippen molar-refractivity contribution in [2.75, 3.05) is 5.32 Å². The minimum Gasteiger partial charge on any atom is -0.366 e. The Morgan fingerprint density at radius 1 is 1.39 bits per heavy atom. The zero-order valence-corrected chi connectivity index (χ0v) is 9.54. The van der Waals surface area contributed by atoms with Crippen LogP contribution in [0.2, 0.25) is 0 Å². The molecule has 1 saturated carbocycles. The van der Waals surface area contributed by atoms with E-state index < -0.39 is 16.6 Å². The van der Waals surface area contributed by atoms with Crippen LogP contribution >= 0.6 is 0 Å². The number of alkyl halides is 3. The second kappa shape index (κ2) is 3.86. The van der Waals surface area contributed by atoms with Crippen LogP contribution < -0.4 is 5.32 Å². The monoisotopic (exact) mass is 260 g/mol. The van der Waals surface area contributed by atoms with Crippen LogP contribution in [0.5, 0.6) is 0 Å². The summed E-state index contributed by atoms with van der Waals surface area (Å²) < 4.78 is 38.4. The summed E-state index contributed by atoms with van der Waals surface area (Å²) in [6, 6.07) is 4.19. The first-order valence-corrected chi connectivity index (χ1v) is 5.36. The number of rotatable bonds is 3. The second-order valence-corrected chi connectivity index (χ2v) is 4.43. The molecule has 1 aromatic carbocycles. The molecular weight excluding hydrogens is 249 g/mol. The lowest BCUT2D eigenvalue weighted by Gasteiger charge is -2.22. The van der Waals surface area contributed by atoms with Gasteiger partial charge in [0.05, 0.1) is 4.92 Å². The molecule has 1 aromatic rings. The van der Waals surface area contributed by atoms with Crippen molar-refractivity contribution >= 4 is 11.4 Å². The molecule has 1 N–H and O–H groups in total. The van der Waals surface area contributed by atoms with Crippen LogP contribution in [0.25, 0.3) is 0 Å². The van der Waals surface area contributed by atoms with Gasteiger partial charge in [-0.15, -0.1) is 0 Å². The fourth-order valence-electron chi connectivity index (χ4n) is 1.81. The highest BCUT2D eigenvalue weighted by Gasteiger charge is 2.64. The van der Waals surface area contributed by atoms with Crippen molar-refractivity contribution in [1.29, 1.82) is 0 Å². The number of para-hydroxylation sites is 1. The van der Waals surface area contributed by atoms with Gasteiger partial charge in [-0.1, -0.05) is 12.1 Å². The predicted octanol–water partition coefficient (Wildman–Crippen LogP) is 3.41. The highest BCUT2D eigenvalue weighted by atomic mass is 19.4. The van der Waals surface area contributed by atoms with E-state index in [1.54, 1.807) is 13.0 Å². The number of hydrogen-bond acceptors (Lipinski definition) is 3. The van der Waals surface area contributed by atoms with Gasteiger partial charge in [-0.25, -0.2) is 0 Å². The van der Waals surface area contributed by atoms with Crippen molar-refractivity contribution in [2.24, 2.45) is 0 Å². The van der Waals surface area contributed by atoms with Crippen molar-refractivity contribution in [3.63, 3.8) is 0 Å². The fraction of sp³-hybridized carbons (Fsp3) is 0.455. The Kier molecular flexibility index (Phi) is 2.71. The van der Waals surface area contributed by atoms with Crippen molar-refractivity contribution in [3.8, 4) is 0 Å². The molecule has 4 nitrogen and oxygen atoms in total. The van der Waals surface area contributed by atoms with E-state index in [1.807, 2.05) is 0 Å². The third-order valence-corrected chi connectivity index (χ3v) is 3.10. The number of nitrogens with zero attached hydrogens (tertiary/aromatic N) is 1. The van der Waals surface area contributed by atoms with Gasteiger partial charge in [0.25, 0.3) is 5.69 Å². The summed E-state index contributed by atoms with van der Waals surface area (Å²) in [6.45, 7) is 1.54. The Labute approximate surface area is 101 Å². The molecule has 98 valence electrons. The number of hydrogen-bond donors (Lipinski definition) is 1. The third kappa shape index (κ3) is 2.00. The van der Waals surface area contributed by atoms with Gasteiger partial charge >= 0.3 is 6.18 Å². The molecule has 0 radical (unpaired) electrons. The van der Waals surface area contributed by atoms with Gasteiger partial charge in [0.1, 0.15) is 11.2 Å². The lowest BCUT2D eigenvalue weighted by atomic mass is 10.1. The Morgan fingerprint density at radius 3 is 2.44 bits per heavy atom. The van der Waals surface area contributed by atoms with E-state index in [0.717, 1.165) is 0 Å². The maximum atomic E-state index is 12.8. The van der Waals surface area contributed by atoms with E-state index in [1.165, 1.54) is 12.1 Å². The van der Waals surface area contributed by atoms with Crippen LogP contribution in [-0.4, -0.2) is 16.6 Å². The summed E-state index contributed by atoms with van der Waals surface area (Å²) in [5, 5.41) is 13.1. The lowest BCUT2D eigenvalue weighted by molar-refractivity contribution is -0.384. The Bertz CT molecular complexity index is 496. The standard InChI is InChI=1S/C11H11F3N2O2/c1-7-3-2-4-8(16(17)18)9(7)15-10(5-6-10)11(12,13)14/h2-4,15H,5-6H2,1H3. The molecule has 0 aromatic heterocycles. The zero-order valence-electron chi connectivity index (χ0n) is 9.54. The molecule has 0 amide bonds. The Balaban J connectivity index is 2.38. The summed E-state index contributed by atoms with van der Waals surface area (Å²) in [5.41, 5.74) is -1.94. The number of nitro groups is 1. The largest absolute Gasteiger partial charge is 0.411 e. The van der Waals surface area contributed by atoms with Gasteiger partial charge in [0.15, 0.2) is 0 Å². The van der Waals surface area contributed by atoms with Gasteiger partial charge in [-0.3, -0.25) is 10.1 Å². The van der Waals surface area contributed by atoms with Crippen molar-refractivity contribution < 1.29 is 18.1 Å². The van der Waals surface area contributed by atoms with Gasteiger partial charge in [0, 0.05) is 6.07 Å². The van der Waals surface area contributed by atoms with Gasteiger partial charge in [0.2, 0.25) is 0 Å². The van der Waals surface area contributed by atoms with Crippen LogP contribution in [-0.2, 0) is 0 Å². The Morgan fingerprint density at radius 2 is 2.00 bits per heavy atom. The molecule has 2 rings (SSSR count). The molecular formula is C11H11F3N2O2. The van der Waals surface area contributed by atoms with Gasteiger partial charge in [-0.05, 0) is 25.3 Å². The molecule has 1 fully saturated rings. The zero-order chi connectivity index (χ0) is 13.6. The van der Waals surface area contributed by atoms with Crippen molar-refractivity contribution in [2.45, 2.75) is 31.5 Å². The fourth-order valence-corrected chi connectivity index (χ4v) is 1.81. The first-order chi connectivity index (χ1) is 8.27. The third-order valence-electron chi connectivity index (χ3n) is 3.10. The quantitative estimate of drug-likeness (QED) is 0.669. The van der Waals surface area contributed by atoms with E-state index in [0.29, 0.717) is 5.56 Å². The molecule has 1 aliphatic carbocycles. The maximum absolute atomic E-state index is 12.8. The van der Waals surface area contributed by atoms with Crippen LogP contribution in [0, 0.1) is 17.0 Å². The van der Waals surface area contributed by atoms with E-state index in [-0.39, 0.29) is 24.2 Å². The normalized spacial score (nSPS) is 17.3. The molecule has 0 atom stereocenters. The molecule has 0 aliphatic heterocycles. The molecule has 7 heteroatoms. The highest BCUT2D eigenvalue weighted by Crippen LogP contribution is 2.52. The van der Waals surface area contributed by atoms with E-state index >= 15 is 0 Å². The second-order valence-electron chi connectivity index (χ2n) is 4.43. The van der Waals surface area contributed by atoms with Crippen LogP contribution in [0.15, 0.2) is 18.2 Å². The average molecular weight is 260 g/mol. The van der Waals surface area contributed by atoms with Crippen molar-refractivity contribution in [3.05, 3.63) is 33.9 Å². The van der Waals surface area contributed by atoms with Crippen LogP contribution in [0.4, 0.5) is 24.5 Å². The number of anilines is 1. The number of benzene rings is 1. The molecule has 1 aliphatic rings. The maximum Gasteiger partial charge on any atom is 0.411 e. The lowest BCUT2D eigenvalue weighted by Crippen LogP contribution is -2.39. The Hall–Kier alpha value is -1.79. The van der Waals surface area contributed by atoms with Crippen molar-refractivity contribution in [1.82, 2.24) is 0 Å². The minimum atomic E-state index is -4.40. The molecule has 0 saturated heterocycles. The summed E-state index contributed by atoms with van der Waals surface area (Å²) in [6.07, 6.45) is -4.51. The van der Waals surface area contributed by atoms with E-state index in [2.05, 4.69) is 5.32 Å². The summed E-state index contributed by atoms with van der Waals surface area (Å²) >= 11 is 0. The minimum absolute atomic E-state index is 0.0441. The number of aryl methyl sites for hydroxylation is 1. The van der Waals surface area contributed by atoms with Crippen LogP contribution in [0.1, 0.15) is 18.4 Å². The van der Waals surface area contributed by atoms with Gasteiger partial charge in [-0.2, -0.15) is 13.2 Å². The van der Waals surface area contributed by atoms with E-state index in [9.17, 15) is 23.3 Å². The predicted molar refractivity (Wildman–Crippen MR) is 59.5 cm³/mol. The highest BCUT2D eigenvalue weighted by molar-refractivity contribution is 5.68. The molecule has 0 unspecified atom stereocenters. The summed E-state index contributed by atoms with van der Waals surface area (Å²) in [5.74, 6) is 0. The van der Waals surface area contributed by atoms with E-state index in [4.69, 9.17) is 0 Å². The van der Waals surface area contributed by atoms with Gasteiger partial charge < -0.3 is 5.32 Å². The molecule has 0 spiro atoms. The van der Waals surface area contributed by atoms with Crippen LogP contribution in [0.3, 0.4) is 0 Å². The topological polar surface area (TPSA) is 55.2 Å². The average Bonchev–Trinajstić information content (AvgIpc) is 3.00. The number of nitrogens with one attached hydrogen (secondary N) is 1. The first kappa shape index (κ1) is 12.7. The molecule has 18 heavy (non-hydrogen) atoms.